The van der Waals surface area contributed by atoms with E-state index in [4.69, 9.17) is 0 Å². The summed E-state index contributed by atoms with van der Waals surface area (Å²) in [5.74, 6) is 0.472. The molecule has 1 saturated heterocycles. The van der Waals surface area contributed by atoms with Crippen molar-refractivity contribution in [3.8, 4) is 0 Å². The van der Waals surface area contributed by atoms with Crippen LogP contribution in [0.15, 0.2) is 43.1 Å². The molecule has 0 bridgehead atoms. The molecule has 0 unspecified atom stereocenters. The van der Waals surface area contributed by atoms with Crippen LogP contribution in [0.1, 0.15) is 41.5 Å². The number of imidazole rings is 2. The van der Waals surface area contributed by atoms with Crippen LogP contribution in [0.25, 0.3) is 5.52 Å². The lowest BCUT2D eigenvalue weighted by Gasteiger charge is -2.30. The van der Waals surface area contributed by atoms with E-state index in [0.717, 1.165) is 37.1 Å². The first-order valence-corrected chi connectivity index (χ1v) is 11.9. The zero-order chi connectivity index (χ0) is 21.1. The largest absolute Gasteiger partial charge is 0.351 e. The number of aryl methyl sites for hydroxylation is 1. The predicted molar refractivity (Wildman–Crippen MR) is 113 cm³/mol. The van der Waals surface area contributed by atoms with Gasteiger partial charge in [-0.15, -0.1) is 0 Å². The lowest BCUT2D eigenvalue weighted by atomic mass is 9.99. The molecule has 0 spiro atoms. The van der Waals surface area contributed by atoms with Crippen molar-refractivity contribution in [2.24, 2.45) is 0 Å². The van der Waals surface area contributed by atoms with Crippen LogP contribution in [0, 0.1) is 0 Å². The molecule has 9 nitrogen and oxygen atoms in total. The fourth-order valence-corrected chi connectivity index (χ4v) is 4.85. The third-order valence-electron chi connectivity index (χ3n) is 5.45. The van der Waals surface area contributed by atoms with Gasteiger partial charge in [-0.05, 0) is 31.4 Å². The van der Waals surface area contributed by atoms with Crippen molar-refractivity contribution >= 4 is 21.4 Å². The molecular formula is C20H26N6O3S. The monoisotopic (exact) mass is 430 g/mol. The van der Waals surface area contributed by atoms with Gasteiger partial charge in [0.25, 0.3) is 5.91 Å². The van der Waals surface area contributed by atoms with E-state index in [1.165, 1.54) is 10.6 Å². The van der Waals surface area contributed by atoms with Crippen molar-refractivity contribution in [3.63, 3.8) is 0 Å². The fourth-order valence-electron chi connectivity index (χ4n) is 3.94. The molecule has 1 aliphatic rings. The van der Waals surface area contributed by atoms with Crippen LogP contribution < -0.4 is 5.32 Å². The van der Waals surface area contributed by atoms with Gasteiger partial charge in [0.05, 0.1) is 18.1 Å². The van der Waals surface area contributed by atoms with E-state index < -0.39 is 10.0 Å². The van der Waals surface area contributed by atoms with Gasteiger partial charge >= 0.3 is 0 Å². The third-order valence-corrected chi connectivity index (χ3v) is 6.72. The first kappa shape index (κ1) is 20.5. The van der Waals surface area contributed by atoms with E-state index in [9.17, 15) is 13.2 Å². The standard InChI is InChI=1S/C20H26N6O3S/c1-30(28,29)25-11-4-6-16(14-25)19-23-18(17-7-2-3-12-26(17)19)20(27)22-8-5-10-24-13-9-21-15-24/h2-3,7,9,12-13,15-16H,4-6,8,10-11,14H2,1H3,(H,22,27)/t16-/m1/s1. The molecule has 1 amide bonds. The number of rotatable bonds is 7. The minimum atomic E-state index is -3.25. The van der Waals surface area contributed by atoms with Gasteiger partial charge in [-0.1, -0.05) is 6.07 Å². The molecule has 3 aromatic rings. The number of carbonyl (C=O) groups excluding carboxylic acids is 1. The Morgan fingerprint density at radius 1 is 1.30 bits per heavy atom. The van der Waals surface area contributed by atoms with Crippen LogP contribution in [0.4, 0.5) is 0 Å². The van der Waals surface area contributed by atoms with Gasteiger partial charge in [-0.25, -0.2) is 22.7 Å². The normalized spacial score (nSPS) is 18.0. The summed E-state index contributed by atoms with van der Waals surface area (Å²) in [6, 6.07) is 5.64. The highest BCUT2D eigenvalue weighted by Crippen LogP contribution is 2.29. The topological polar surface area (TPSA) is 102 Å². The first-order valence-electron chi connectivity index (χ1n) is 10.1. The number of nitrogens with zero attached hydrogens (tertiary/aromatic N) is 5. The van der Waals surface area contributed by atoms with Gasteiger partial charge in [0, 0.05) is 50.7 Å². The number of sulfonamides is 1. The number of pyridine rings is 1. The molecule has 4 rings (SSSR count). The molecule has 1 N–H and O–H groups in total. The smallest absolute Gasteiger partial charge is 0.272 e. The van der Waals surface area contributed by atoms with Crippen molar-refractivity contribution in [2.75, 3.05) is 25.9 Å². The van der Waals surface area contributed by atoms with Crippen LogP contribution in [0.5, 0.6) is 0 Å². The van der Waals surface area contributed by atoms with Gasteiger partial charge in [0.1, 0.15) is 5.82 Å². The predicted octanol–water partition coefficient (Wildman–Crippen LogP) is 1.49. The number of piperidine rings is 1. The van der Waals surface area contributed by atoms with Crippen LogP contribution >= 0.6 is 0 Å². The summed E-state index contributed by atoms with van der Waals surface area (Å²) in [6.45, 7) is 2.23. The number of nitrogens with one attached hydrogen (secondary N) is 1. The lowest BCUT2D eigenvalue weighted by Crippen LogP contribution is -2.38. The molecular weight excluding hydrogens is 404 g/mol. The molecule has 30 heavy (non-hydrogen) atoms. The third kappa shape index (κ3) is 4.39. The molecule has 1 fully saturated rings. The Balaban J connectivity index is 1.51. The van der Waals surface area contributed by atoms with E-state index in [2.05, 4.69) is 15.3 Å². The first-order chi connectivity index (χ1) is 14.4. The molecule has 1 aliphatic heterocycles. The van der Waals surface area contributed by atoms with Crippen molar-refractivity contribution in [3.05, 3.63) is 54.6 Å². The van der Waals surface area contributed by atoms with Gasteiger partial charge in [-0.2, -0.15) is 0 Å². The highest BCUT2D eigenvalue weighted by Gasteiger charge is 2.30. The highest BCUT2D eigenvalue weighted by atomic mass is 32.2. The summed E-state index contributed by atoms with van der Waals surface area (Å²) >= 11 is 0. The van der Waals surface area contributed by atoms with Gasteiger partial charge in [-0.3, -0.25) is 4.79 Å². The van der Waals surface area contributed by atoms with Crippen molar-refractivity contribution < 1.29 is 13.2 Å². The van der Waals surface area contributed by atoms with Crippen molar-refractivity contribution in [2.45, 2.75) is 31.7 Å². The minimum Gasteiger partial charge on any atom is -0.351 e. The van der Waals surface area contributed by atoms with Crippen LogP contribution in [0.3, 0.4) is 0 Å². The van der Waals surface area contributed by atoms with E-state index in [1.807, 2.05) is 39.6 Å². The molecule has 10 heteroatoms. The maximum Gasteiger partial charge on any atom is 0.272 e. The van der Waals surface area contributed by atoms with Gasteiger partial charge < -0.3 is 14.3 Å². The Morgan fingerprint density at radius 3 is 2.93 bits per heavy atom. The number of aromatic nitrogens is 4. The summed E-state index contributed by atoms with van der Waals surface area (Å²) in [5, 5.41) is 2.95. The van der Waals surface area contributed by atoms with E-state index >= 15 is 0 Å². The molecule has 0 aliphatic carbocycles. The number of hydrogen-bond donors (Lipinski definition) is 1. The molecule has 0 aromatic carbocycles. The van der Waals surface area contributed by atoms with Crippen LogP contribution in [-0.2, 0) is 16.6 Å². The molecule has 0 radical (unpaired) electrons. The maximum atomic E-state index is 12.8. The summed E-state index contributed by atoms with van der Waals surface area (Å²) < 4.78 is 29.4. The zero-order valence-corrected chi connectivity index (χ0v) is 17.8. The number of amides is 1. The fraction of sp³-hybridized carbons (Fsp3) is 0.450. The molecule has 160 valence electrons. The Kier molecular flexibility index (Phi) is 5.87. The average Bonchev–Trinajstić information content (AvgIpc) is 3.38. The Labute approximate surface area is 175 Å². The molecule has 0 saturated carbocycles. The molecule has 3 aromatic heterocycles. The number of fused-ring (bicyclic) bond motifs is 1. The van der Waals surface area contributed by atoms with Crippen LogP contribution in [-0.4, -0.2) is 63.5 Å². The highest BCUT2D eigenvalue weighted by molar-refractivity contribution is 7.88. The quantitative estimate of drug-likeness (QED) is 0.572. The van der Waals surface area contributed by atoms with Crippen LogP contribution in [0.2, 0.25) is 0 Å². The average molecular weight is 431 g/mol. The second-order valence-corrected chi connectivity index (χ2v) is 9.63. The zero-order valence-electron chi connectivity index (χ0n) is 16.9. The number of carbonyl (C=O) groups is 1. The minimum absolute atomic E-state index is 0.0498. The molecule has 1 atom stereocenters. The molecule has 4 heterocycles. The van der Waals surface area contributed by atoms with E-state index in [0.29, 0.717) is 25.3 Å². The second-order valence-electron chi connectivity index (χ2n) is 7.64. The maximum absolute atomic E-state index is 12.8. The lowest BCUT2D eigenvalue weighted by molar-refractivity contribution is 0.0949. The van der Waals surface area contributed by atoms with E-state index in [-0.39, 0.29) is 11.8 Å². The van der Waals surface area contributed by atoms with E-state index in [1.54, 1.807) is 12.5 Å². The van der Waals surface area contributed by atoms with Gasteiger partial charge in [0.2, 0.25) is 10.0 Å². The summed E-state index contributed by atoms with van der Waals surface area (Å²) in [5.41, 5.74) is 1.11. The summed E-state index contributed by atoms with van der Waals surface area (Å²) in [7, 11) is -3.25. The Morgan fingerprint density at radius 2 is 2.17 bits per heavy atom. The van der Waals surface area contributed by atoms with Crippen molar-refractivity contribution in [1.29, 1.82) is 0 Å². The second kappa shape index (κ2) is 8.57. The number of hydrogen-bond acceptors (Lipinski definition) is 5. The summed E-state index contributed by atoms with van der Waals surface area (Å²) in [6.07, 6.45) is 10.9. The Hall–Kier alpha value is -2.72. The summed E-state index contributed by atoms with van der Waals surface area (Å²) in [4.78, 5) is 21.5. The Bertz CT molecular complexity index is 1120. The van der Waals surface area contributed by atoms with Gasteiger partial charge in [0.15, 0.2) is 5.69 Å². The SMILES string of the molecule is CS(=O)(=O)N1CCC[C@@H](c2nc(C(=O)NCCCn3ccnc3)c3ccccn23)C1. The van der Waals surface area contributed by atoms with Crippen molar-refractivity contribution in [1.82, 2.24) is 28.6 Å².